The molecule has 1 N–H and O–H groups in total. The van der Waals surface area contributed by atoms with Gasteiger partial charge in [0.15, 0.2) is 0 Å². The highest BCUT2D eigenvalue weighted by Gasteiger charge is 2.30. The SMILES string of the molecule is O=C(Nc1cnn(Cc2cccc(C(F)(F)F)c2)c1)c1ccc([N+](=O)[O-])cc1. The van der Waals surface area contributed by atoms with E-state index in [2.05, 4.69) is 10.4 Å². The summed E-state index contributed by atoms with van der Waals surface area (Å²) in [6.45, 7) is 0.0946. The first kappa shape index (κ1) is 19.1. The Morgan fingerprint density at radius 1 is 1.18 bits per heavy atom. The van der Waals surface area contributed by atoms with Crippen LogP contribution in [0.2, 0.25) is 0 Å². The Bertz CT molecular complexity index is 1010. The number of carbonyl (C=O) groups excluding carboxylic acids is 1. The standard InChI is InChI=1S/C18H13F3N4O3/c19-18(20,21)14-3-1-2-12(8-14)10-24-11-15(9-22-24)23-17(26)13-4-6-16(7-5-13)25(27)28/h1-9,11H,10H2,(H,23,26). The summed E-state index contributed by atoms with van der Waals surface area (Å²) in [5.74, 6) is -0.492. The minimum absolute atomic E-state index is 0.0946. The number of nitro benzene ring substituents is 1. The fourth-order valence-electron chi connectivity index (χ4n) is 2.49. The van der Waals surface area contributed by atoms with Crippen molar-refractivity contribution in [2.24, 2.45) is 0 Å². The van der Waals surface area contributed by atoms with Crippen molar-refractivity contribution >= 4 is 17.3 Å². The van der Waals surface area contributed by atoms with Crippen LogP contribution in [-0.2, 0) is 12.7 Å². The summed E-state index contributed by atoms with van der Waals surface area (Å²) in [6.07, 6.45) is -1.59. The lowest BCUT2D eigenvalue weighted by molar-refractivity contribution is -0.384. The third-order valence-corrected chi connectivity index (χ3v) is 3.83. The quantitative estimate of drug-likeness (QED) is 0.524. The zero-order valence-corrected chi connectivity index (χ0v) is 14.2. The zero-order chi connectivity index (χ0) is 20.3. The molecular formula is C18H13F3N4O3. The molecule has 0 bridgehead atoms. The van der Waals surface area contributed by atoms with Crippen molar-refractivity contribution in [1.82, 2.24) is 9.78 Å². The van der Waals surface area contributed by atoms with Gasteiger partial charge in [-0.25, -0.2) is 0 Å². The second kappa shape index (κ2) is 7.51. The number of hydrogen-bond donors (Lipinski definition) is 1. The molecule has 0 radical (unpaired) electrons. The van der Waals surface area contributed by atoms with Crippen molar-refractivity contribution in [3.63, 3.8) is 0 Å². The Morgan fingerprint density at radius 2 is 1.89 bits per heavy atom. The molecule has 0 atom stereocenters. The molecule has 1 heterocycles. The van der Waals surface area contributed by atoms with Crippen LogP contribution in [0.15, 0.2) is 60.9 Å². The molecule has 3 aromatic rings. The van der Waals surface area contributed by atoms with E-state index < -0.39 is 22.6 Å². The van der Waals surface area contributed by atoms with Gasteiger partial charge in [0.2, 0.25) is 0 Å². The highest BCUT2D eigenvalue weighted by atomic mass is 19.4. The minimum atomic E-state index is -4.43. The van der Waals surface area contributed by atoms with E-state index in [4.69, 9.17) is 0 Å². The molecule has 1 amide bonds. The lowest BCUT2D eigenvalue weighted by atomic mass is 10.1. The summed E-state index contributed by atoms with van der Waals surface area (Å²) in [5, 5.41) is 17.2. The number of amides is 1. The third-order valence-electron chi connectivity index (χ3n) is 3.83. The highest BCUT2D eigenvalue weighted by Crippen LogP contribution is 2.29. The number of carbonyl (C=O) groups is 1. The monoisotopic (exact) mass is 390 g/mol. The molecular weight excluding hydrogens is 377 g/mol. The topological polar surface area (TPSA) is 90.1 Å². The van der Waals surface area contributed by atoms with Crippen LogP contribution in [0.4, 0.5) is 24.5 Å². The molecule has 0 aliphatic rings. The molecule has 10 heteroatoms. The number of nitro groups is 1. The maximum absolute atomic E-state index is 12.8. The molecule has 3 rings (SSSR count). The molecule has 0 spiro atoms. The number of hydrogen-bond acceptors (Lipinski definition) is 4. The zero-order valence-electron chi connectivity index (χ0n) is 14.2. The van der Waals surface area contributed by atoms with Gasteiger partial charge in [-0.2, -0.15) is 18.3 Å². The maximum Gasteiger partial charge on any atom is 0.416 e. The van der Waals surface area contributed by atoms with Crippen LogP contribution in [-0.4, -0.2) is 20.6 Å². The van der Waals surface area contributed by atoms with E-state index in [1.165, 1.54) is 47.4 Å². The second-order valence-electron chi connectivity index (χ2n) is 5.88. The fourth-order valence-corrected chi connectivity index (χ4v) is 2.49. The molecule has 0 saturated heterocycles. The van der Waals surface area contributed by atoms with Crippen molar-refractivity contribution in [3.8, 4) is 0 Å². The van der Waals surface area contributed by atoms with Gasteiger partial charge >= 0.3 is 6.18 Å². The number of alkyl halides is 3. The van der Waals surface area contributed by atoms with Crippen LogP contribution in [0.25, 0.3) is 0 Å². The molecule has 0 aliphatic heterocycles. The molecule has 0 unspecified atom stereocenters. The summed E-state index contributed by atoms with van der Waals surface area (Å²) in [5.41, 5.74) is 0.0898. The molecule has 144 valence electrons. The van der Waals surface area contributed by atoms with E-state index in [9.17, 15) is 28.1 Å². The van der Waals surface area contributed by atoms with Crippen molar-refractivity contribution < 1.29 is 22.9 Å². The molecule has 2 aromatic carbocycles. The summed E-state index contributed by atoms with van der Waals surface area (Å²) < 4.78 is 39.7. The fraction of sp³-hybridized carbons (Fsp3) is 0.111. The predicted octanol–water partition coefficient (Wildman–Crippen LogP) is 4.11. The second-order valence-corrected chi connectivity index (χ2v) is 5.88. The van der Waals surface area contributed by atoms with Crippen molar-refractivity contribution in [3.05, 3.63) is 87.7 Å². The van der Waals surface area contributed by atoms with Gasteiger partial charge in [0.25, 0.3) is 11.6 Å². The smallest absolute Gasteiger partial charge is 0.319 e. The van der Waals surface area contributed by atoms with Crippen molar-refractivity contribution in [2.45, 2.75) is 12.7 Å². The van der Waals surface area contributed by atoms with Gasteiger partial charge < -0.3 is 5.32 Å². The molecule has 28 heavy (non-hydrogen) atoms. The number of nitrogens with zero attached hydrogens (tertiary/aromatic N) is 3. The molecule has 0 aliphatic carbocycles. The summed E-state index contributed by atoms with van der Waals surface area (Å²) in [4.78, 5) is 22.2. The number of anilines is 1. The number of halogens is 3. The lowest BCUT2D eigenvalue weighted by Crippen LogP contribution is -2.11. The van der Waals surface area contributed by atoms with E-state index in [0.29, 0.717) is 11.3 Å². The Hall–Kier alpha value is -3.69. The van der Waals surface area contributed by atoms with E-state index in [-0.39, 0.29) is 17.8 Å². The maximum atomic E-state index is 12.8. The Balaban J connectivity index is 1.67. The van der Waals surface area contributed by atoms with Crippen LogP contribution < -0.4 is 5.32 Å². The van der Waals surface area contributed by atoms with Gasteiger partial charge in [-0.3, -0.25) is 19.6 Å². The first-order chi connectivity index (χ1) is 13.2. The Labute approximate surface area is 156 Å². The van der Waals surface area contributed by atoms with Gasteiger partial charge in [-0.05, 0) is 29.8 Å². The van der Waals surface area contributed by atoms with Crippen LogP contribution in [0.5, 0.6) is 0 Å². The Kier molecular flexibility index (Phi) is 5.12. The number of aromatic nitrogens is 2. The number of benzene rings is 2. The van der Waals surface area contributed by atoms with Gasteiger partial charge in [0.05, 0.1) is 28.9 Å². The van der Waals surface area contributed by atoms with Crippen LogP contribution in [0, 0.1) is 10.1 Å². The lowest BCUT2D eigenvalue weighted by Gasteiger charge is -2.08. The van der Waals surface area contributed by atoms with Gasteiger partial charge in [0, 0.05) is 23.9 Å². The largest absolute Gasteiger partial charge is 0.416 e. The summed E-state index contributed by atoms with van der Waals surface area (Å²) in [6, 6.07) is 9.96. The third kappa shape index (κ3) is 4.53. The number of non-ortho nitro benzene ring substituents is 1. The van der Waals surface area contributed by atoms with E-state index >= 15 is 0 Å². The van der Waals surface area contributed by atoms with Crippen molar-refractivity contribution in [1.29, 1.82) is 0 Å². The van der Waals surface area contributed by atoms with Crippen LogP contribution in [0.1, 0.15) is 21.5 Å². The van der Waals surface area contributed by atoms with E-state index in [1.807, 2.05) is 0 Å². The van der Waals surface area contributed by atoms with Gasteiger partial charge in [0.1, 0.15) is 0 Å². The first-order valence-electron chi connectivity index (χ1n) is 7.97. The average molecular weight is 390 g/mol. The molecule has 0 saturated carbocycles. The van der Waals surface area contributed by atoms with Gasteiger partial charge in [-0.15, -0.1) is 0 Å². The minimum Gasteiger partial charge on any atom is -0.319 e. The highest BCUT2D eigenvalue weighted by molar-refractivity contribution is 6.04. The first-order valence-corrected chi connectivity index (χ1v) is 7.97. The number of rotatable bonds is 5. The van der Waals surface area contributed by atoms with E-state index in [1.54, 1.807) is 6.07 Å². The van der Waals surface area contributed by atoms with E-state index in [0.717, 1.165) is 12.1 Å². The molecule has 0 fully saturated rings. The average Bonchev–Trinajstić information content (AvgIpc) is 3.08. The number of nitrogens with one attached hydrogen (secondary N) is 1. The summed E-state index contributed by atoms with van der Waals surface area (Å²) >= 11 is 0. The predicted molar refractivity (Wildman–Crippen MR) is 93.8 cm³/mol. The van der Waals surface area contributed by atoms with Crippen LogP contribution in [0.3, 0.4) is 0 Å². The Morgan fingerprint density at radius 3 is 2.54 bits per heavy atom. The molecule has 1 aromatic heterocycles. The summed E-state index contributed by atoms with van der Waals surface area (Å²) in [7, 11) is 0. The van der Waals surface area contributed by atoms with Crippen LogP contribution >= 0.6 is 0 Å². The normalized spacial score (nSPS) is 11.2. The van der Waals surface area contributed by atoms with Gasteiger partial charge in [-0.1, -0.05) is 12.1 Å². The molecule has 7 nitrogen and oxygen atoms in total. The van der Waals surface area contributed by atoms with Crippen molar-refractivity contribution in [2.75, 3.05) is 5.32 Å².